The number of ketones is 2. The average Bonchev–Trinajstić information content (AvgIpc) is 2.67. The lowest BCUT2D eigenvalue weighted by molar-refractivity contribution is -0.121. The van der Waals surface area contributed by atoms with E-state index in [0.717, 1.165) is 23.3 Å². The Kier molecular flexibility index (Phi) is 3.00. The molecule has 2 nitrogen and oxygen atoms in total. The fourth-order valence-electron chi connectivity index (χ4n) is 2.08. The van der Waals surface area contributed by atoms with Crippen LogP contribution in [0.5, 0.6) is 0 Å². The van der Waals surface area contributed by atoms with Crippen LogP contribution in [0.25, 0.3) is 0 Å². The van der Waals surface area contributed by atoms with Crippen LogP contribution >= 0.6 is 11.3 Å². The van der Waals surface area contributed by atoms with Crippen LogP contribution in [0.3, 0.4) is 0 Å². The highest BCUT2D eigenvalue weighted by atomic mass is 32.1. The zero-order valence-electron chi connectivity index (χ0n) is 8.79. The topological polar surface area (TPSA) is 34.1 Å². The number of hydrogen-bond donors (Lipinski definition) is 0. The third-order valence-corrected chi connectivity index (χ3v) is 3.85. The van der Waals surface area contributed by atoms with E-state index in [4.69, 9.17) is 0 Å². The number of carbonyl (C=O) groups excluding carboxylic acids is 2. The van der Waals surface area contributed by atoms with Gasteiger partial charge in [0.1, 0.15) is 5.78 Å². The zero-order valence-corrected chi connectivity index (χ0v) is 9.60. The Labute approximate surface area is 93.3 Å². The molecule has 1 aliphatic carbocycles. The van der Waals surface area contributed by atoms with E-state index in [0.29, 0.717) is 12.8 Å². The number of rotatable bonds is 3. The van der Waals surface area contributed by atoms with Gasteiger partial charge in [0.2, 0.25) is 0 Å². The van der Waals surface area contributed by atoms with Crippen LogP contribution in [-0.4, -0.2) is 11.6 Å². The van der Waals surface area contributed by atoms with Crippen molar-refractivity contribution in [2.75, 3.05) is 0 Å². The largest absolute Gasteiger partial charge is 0.299 e. The first kappa shape index (κ1) is 10.6. The first-order valence-corrected chi connectivity index (χ1v) is 6.25. The van der Waals surface area contributed by atoms with Gasteiger partial charge in [-0.1, -0.05) is 6.92 Å². The first-order valence-electron chi connectivity index (χ1n) is 5.37. The monoisotopic (exact) mass is 222 g/mol. The van der Waals surface area contributed by atoms with E-state index in [2.05, 4.69) is 0 Å². The molecule has 1 aromatic rings. The number of carbonyl (C=O) groups is 2. The molecule has 0 N–H and O–H groups in total. The standard InChI is InChI=1S/C12H14O2S/c1-2-3-10(13)8-4-5-11-9(12(8)14)6-7-15-11/h6-8H,2-5H2,1H3. The second-order valence-electron chi connectivity index (χ2n) is 3.93. The van der Waals surface area contributed by atoms with Gasteiger partial charge in [0.15, 0.2) is 5.78 Å². The van der Waals surface area contributed by atoms with Crippen molar-refractivity contribution >= 4 is 22.9 Å². The summed E-state index contributed by atoms with van der Waals surface area (Å²) in [5.41, 5.74) is 0.792. The summed E-state index contributed by atoms with van der Waals surface area (Å²) in [5, 5.41) is 1.94. The molecule has 0 amide bonds. The molecule has 1 aromatic heterocycles. The van der Waals surface area contributed by atoms with Gasteiger partial charge in [0, 0.05) is 16.9 Å². The molecular weight excluding hydrogens is 208 g/mol. The van der Waals surface area contributed by atoms with E-state index in [1.54, 1.807) is 11.3 Å². The molecule has 3 heteroatoms. The molecular formula is C12H14O2S. The van der Waals surface area contributed by atoms with Crippen LogP contribution in [0.1, 0.15) is 41.4 Å². The summed E-state index contributed by atoms with van der Waals surface area (Å²) in [5.74, 6) is -0.178. The molecule has 15 heavy (non-hydrogen) atoms. The summed E-state index contributed by atoms with van der Waals surface area (Å²) in [6, 6.07) is 1.85. The maximum atomic E-state index is 12.0. The van der Waals surface area contributed by atoms with Crippen LogP contribution in [0.2, 0.25) is 0 Å². The van der Waals surface area contributed by atoms with Gasteiger partial charge in [-0.25, -0.2) is 0 Å². The van der Waals surface area contributed by atoms with Crippen LogP contribution in [0, 0.1) is 5.92 Å². The summed E-state index contributed by atoms with van der Waals surface area (Å²) in [4.78, 5) is 24.9. The molecule has 0 saturated carbocycles. The van der Waals surface area contributed by atoms with E-state index in [1.807, 2.05) is 18.4 Å². The first-order chi connectivity index (χ1) is 7.24. The predicted octanol–water partition coefficient (Wildman–Crippen LogP) is 2.86. The molecule has 0 aromatic carbocycles. The van der Waals surface area contributed by atoms with Crippen molar-refractivity contribution in [3.05, 3.63) is 21.9 Å². The van der Waals surface area contributed by atoms with Gasteiger partial charge in [-0.15, -0.1) is 11.3 Å². The normalized spacial score (nSPS) is 20.1. The minimum atomic E-state index is -0.355. The van der Waals surface area contributed by atoms with Crippen molar-refractivity contribution in [3.63, 3.8) is 0 Å². The second-order valence-corrected chi connectivity index (χ2v) is 4.93. The van der Waals surface area contributed by atoms with Crippen molar-refractivity contribution in [2.24, 2.45) is 5.92 Å². The summed E-state index contributed by atoms with van der Waals surface area (Å²) in [6.45, 7) is 1.97. The highest BCUT2D eigenvalue weighted by Crippen LogP contribution is 2.30. The maximum Gasteiger partial charge on any atom is 0.174 e. The van der Waals surface area contributed by atoms with Crippen LogP contribution in [-0.2, 0) is 11.2 Å². The summed E-state index contributed by atoms with van der Waals surface area (Å²) in [7, 11) is 0. The fourth-order valence-corrected chi connectivity index (χ4v) is 2.98. The van der Waals surface area contributed by atoms with Crippen LogP contribution in [0.15, 0.2) is 11.4 Å². The van der Waals surface area contributed by atoms with E-state index in [9.17, 15) is 9.59 Å². The number of Topliss-reactive ketones (excluding diaryl/α,β-unsaturated/α-hetero) is 2. The number of aryl methyl sites for hydroxylation is 1. The maximum absolute atomic E-state index is 12.0. The van der Waals surface area contributed by atoms with Crippen LogP contribution in [0.4, 0.5) is 0 Å². The molecule has 1 heterocycles. The summed E-state index contributed by atoms with van der Waals surface area (Å²) in [6.07, 6.45) is 2.97. The number of fused-ring (bicyclic) bond motifs is 1. The Bertz CT molecular complexity index is 392. The zero-order chi connectivity index (χ0) is 10.8. The second kappa shape index (κ2) is 4.27. The van der Waals surface area contributed by atoms with Crippen molar-refractivity contribution in [3.8, 4) is 0 Å². The predicted molar refractivity (Wildman–Crippen MR) is 60.4 cm³/mol. The molecule has 0 saturated heterocycles. The van der Waals surface area contributed by atoms with Gasteiger partial charge in [0.25, 0.3) is 0 Å². The lowest BCUT2D eigenvalue weighted by Gasteiger charge is -2.19. The van der Waals surface area contributed by atoms with Gasteiger partial charge in [-0.2, -0.15) is 0 Å². The van der Waals surface area contributed by atoms with Crippen molar-refractivity contribution in [1.82, 2.24) is 0 Å². The molecule has 1 atom stereocenters. The summed E-state index contributed by atoms with van der Waals surface area (Å²) >= 11 is 1.62. The van der Waals surface area contributed by atoms with Crippen molar-refractivity contribution in [2.45, 2.75) is 32.6 Å². The van der Waals surface area contributed by atoms with E-state index < -0.39 is 0 Å². The molecule has 0 bridgehead atoms. The number of thiophene rings is 1. The molecule has 0 fully saturated rings. The Morgan fingerprint density at radius 2 is 2.40 bits per heavy atom. The van der Waals surface area contributed by atoms with Gasteiger partial charge in [-0.05, 0) is 30.7 Å². The van der Waals surface area contributed by atoms with Gasteiger partial charge < -0.3 is 0 Å². The quantitative estimate of drug-likeness (QED) is 0.737. The Hall–Kier alpha value is -0.960. The Morgan fingerprint density at radius 3 is 3.13 bits per heavy atom. The Balaban J connectivity index is 2.20. The van der Waals surface area contributed by atoms with Gasteiger partial charge in [0.05, 0.1) is 5.92 Å². The molecule has 1 unspecified atom stereocenters. The fraction of sp³-hybridized carbons (Fsp3) is 0.500. The molecule has 2 rings (SSSR count). The van der Waals surface area contributed by atoms with Crippen molar-refractivity contribution in [1.29, 1.82) is 0 Å². The lowest BCUT2D eigenvalue weighted by atomic mass is 9.83. The third kappa shape index (κ3) is 1.88. The molecule has 0 radical (unpaired) electrons. The highest BCUT2D eigenvalue weighted by Gasteiger charge is 2.32. The third-order valence-electron chi connectivity index (χ3n) is 2.87. The smallest absolute Gasteiger partial charge is 0.174 e. The average molecular weight is 222 g/mol. The van der Waals surface area contributed by atoms with E-state index >= 15 is 0 Å². The number of hydrogen-bond acceptors (Lipinski definition) is 3. The lowest BCUT2D eigenvalue weighted by Crippen LogP contribution is -2.28. The van der Waals surface area contributed by atoms with Gasteiger partial charge >= 0.3 is 0 Å². The van der Waals surface area contributed by atoms with Gasteiger partial charge in [-0.3, -0.25) is 9.59 Å². The Morgan fingerprint density at radius 1 is 1.60 bits per heavy atom. The molecule has 0 aliphatic heterocycles. The molecule has 80 valence electrons. The van der Waals surface area contributed by atoms with Crippen molar-refractivity contribution < 1.29 is 9.59 Å². The SMILES string of the molecule is CCCC(=O)C1CCc2sccc2C1=O. The van der Waals surface area contributed by atoms with E-state index in [1.165, 1.54) is 0 Å². The molecule has 0 spiro atoms. The van der Waals surface area contributed by atoms with E-state index in [-0.39, 0.29) is 17.5 Å². The highest BCUT2D eigenvalue weighted by molar-refractivity contribution is 7.10. The summed E-state index contributed by atoms with van der Waals surface area (Å²) < 4.78 is 0. The molecule has 1 aliphatic rings. The minimum absolute atomic E-state index is 0.0518. The van der Waals surface area contributed by atoms with Crippen LogP contribution < -0.4 is 0 Å². The minimum Gasteiger partial charge on any atom is -0.299 e.